The zero-order chi connectivity index (χ0) is 17.1. The molecule has 0 bridgehead atoms. The van der Waals surface area contributed by atoms with Crippen molar-refractivity contribution in [1.82, 2.24) is 4.90 Å². The van der Waals surface area contributed by atoms with E-state index in [0.717, 1.165) is 12.8 Å². The smallest absolute Gasteiger partial charge is 0.326 e. The van der Waals surface area contributed by atoms with Gasteiger partial charge >= 0.3 is 5.97 Å². The number of likely N-dealkylation sites (tertiary alicyclic amines) is 1. The van der Waals surface area contributed by atoms with Crippen LogP contribution in [0.4, 0.5) is 0 Å². The quantitative estimate of drug-likeness (QED) is 0.627. The second-order valence-corrected chi connectivity index (χ2v) is 5.75. The van der Waals surface area contributed by atoms with Crippen LogP contribution < -0.4 is 0 Å². The molecular formula is C16H21NO6. The molecule has 7 nitrogen and oxygen atoms in total. The van der Waals surface area contributed by atoms with E-state index in [1.54, 1.807) is 6.92 Å². The summed E-state index contributed by atoms with van der Waals surface area (Å²) >= 11 is 0. The van der Waals surface area contributed by atoms with Crippen molar-refractivity contribution in [3.63, 3.8) is 0 Å². The Balaban J connectivity index is 2.32. The standard InChI is InChI=1S/C16H21NO6/c1-2-10(9-7-12(18)14(20)13(19)8-9)15(21)17-6-4-3-5-11(17)16(22)23/h7-8,10-11,18-20H,2-6H2,1H3,(H,22,23)/t10-,11-/m0/s1. The lowest BCUT2D eigenvalue weighted by Gasteiger charge is -2.35. The fourth-order valence-electron chi connectivity index (χ4n) is 3.03. The molecule has 126 valence electrons. The van der Waals surface area contributed by atoms with Crippen molar-refractivity contribution in [3.05, 3.63) is 17.7 Å². The summed E-state index contributed by atoms with van der Waals surface area (Å²) in [7, 11) is 0. The van der Waals surface area contributed by atoms with Crippen LogP contribution in [0.5, 0.6) is 17.2 Å². The predicted molar refractivity (Wildman–Crippen MR) is 81.5 cm³/mol. The van der Waals surface area contributed by atoms with E-state index in [1.807, 2.05) is 0 Å². The Morgan fingerprint density at radius 3 is 2.35 bits per heavy atom. The molecule has 0 unspecified atom stereocenters. The second-order valence-electron chi connectivity index (χ2n) is 5.75. The number of aliphatic carboxylic acids is 1. The maximum absolute atomic E-state index is 12.8. The highest BCUT2D eigenvalue weighted by atomic mass is 16.4. The number of phenols is 3. The van der Waals surface area contributed by atoms with Crippen LogP contribution in [0.25, 0.3) is 0 Å². The van der Waals surface area contributed by atoms with Gasteiger partial charge in [-0.2, -0.15) is 0 Å². The largest absolute Gasteiger partial charge is 0.504 e. The molecule has 23 heavy (non-hydrogen) atoms. The Labute approximate surface area is 133 Å². The third-order valence-corrected chi connectivity index (χ3v) is 4.27. The van der Waals surface area contributed by atoms with E-state index in [-0.39, 0.29) is 5.91 Å². The highest BCUT2D eigenvalue weighted by Crippen LogP contribution is 2.39. The van der Waals surface area contributed by atoms with E-state index in [9.17, 15) is 30.0 Å². The Hall–Kier alpha value is -2.44. The molecule has 1 aliphatic heterocycles. The first-order valence-electron chi connectivity index (χ1n) is 7.65. The van der Waals surface area contributed by atoms with Crippen LogP contribution in [0.2, 0.25) is 0 Å². The molecule has 0 saturated carbocycles. The van der Waals surface area contributed by atoms with Gasteiger partial charge in [-0.05, 0) is 43.4 Å². The molecule has 1 aromatic rings. The molecule has 2 rings (SSSR count). The van der Waals surface area contributed by atoms with E-state index in [1.165, 1.54) is 17.0 Å². The van der Waals surface area contributed by atoms with Crippen LogP contribution in [0.3, 0.4) is 0 Å². The minimum atomic E-state index is -1.02. The van der Waals surface area contributed by atoms with E-state index in [4.69, 9.17) is 0 Å². The molecule has 4 N–H and O–H groups in total. The number of carbonyl (C=O) groups excluding carboxylic acids is 1. The third kappa shape index (κ3) is 3.33. The highest BCUT2D eigenvalue weighted by Gasteiger charge is 2.35. The average Bonchev–Trinajstić information content (AvgIpc) is 2.53. The van der Waals surface area contributed by atoms with Gasteiger partial charge in [-0.3, -0.25) is 4.79 Å². The van der Waals surface area contributed by atoms with Crippen LogP contribution in [-0.4, -0.2) is 49.8 Å². The monoisotopic (exact) mass is 323 g/mol. The van der Waals surface area contributed by atoms with E-state index in [2.05, 4.69) is 0 Å². The van der Waals surface area contributed by atoms with Gasteiger partial charge in [0.1, 0.15) is 6.04 Å². The van der Waals surface area contributed by atoms with Crippen molar-refractivity contribution >= 4 is 11.9 Å². The minimum Gasteiger partial charge on any atom is -0.504 e. The van der Waals surface area contributed by atoms with Crippen LogP contribution in [0.1, 0.15) is 44.1 Å². The van der Waals surface area contributed by atoms with Gasteiger partial charge in [-0.1, -0.05) is 6.92 Å². The molecule has 0 aromatic heterocycles. The fourth-order valence-corrected chi connectivity index (χ4v) is 3.03. The molecule has 0 aliphatic carbocycles. The van der Waals surface area contributed by atoms with Gasteiger partial charge in [-0.15, -0.1) is 0 Å². The summed E-state index contributed by atoms with van der Waals surface area (Å²) in [4.78, 5) is 25.5. The van der Waals surface area contributed by atoms with E-state index >= 15 is 0 Å². The summed E-state index contributed by atoms with van der Waals surface area (Å²) in [5, 5.41) is 38.0. The van der Waals surface area contributed by atoms with Gasteiger partial charge in [-0.25, -0.2) is 4.79 Å². The number of rotatable bonds is 4. The molecule has 7 heteroatoms. The zero-order valence-corrected chi connectivity index (χ0v) is 12.9. The number of hydrogen-bond donors (Lipinski definition) is 4. The summed E-state index contributed by atoms with van der Waals surface area (Å²) in [6, 6.07) is 1.60. The Kier molecular flexibility index (Phi) is 4.98. The van der Waals surface area contributed by atoms with Gasteiger partial charge in [0.15, 0.2) is 17.2 Å². The van der Waals surface area contributed by atoms with Gasteiger partial charge in [0.2, 0.25) is 5.91 Å². The molecule has 1 aromatic carbocycles. The molecule has 1 amide bonds. The first-order valence-corrected chi connectivity index (χ1v) is 7.65. The predicted octanol–water partition coefficient (Wildman–Crippen LogP) is 1.76. The minimum absolute atomic E-state index is 0.343. The van der Waals surface area contributed by atoms with Crippen LogP contribution in [-0.2, 0) is 9.59 Å². The number of benzene rings is 1. The SMILES string of the molecule is CC[C@H](C(=O)N1CCCC[C@H]1C(=O)O)c1cc(O)c(O)c(O)c1. The van der Waals surface area contributed by atoms with Crippen molar-refractivity contribution in [2.75, 3.05) is 6.54 Å². The normalized spacial score (nSPS) is 19.3. The lowest BCUT2D eigenvalue weighted by molar-refractivity contribution is -0.152. The summed E-state index contributed by atoms with van der Waals surface area (Å²) in [6.45, 7) is 2.14. The van der Waals surface area contributed by atoms with E-state index in [0.29, 0.717) is 24.9 Å². The molecule has 2 atom stereocenters. The molecule has 1 aliphatic rings. The lowest BCUT2D eigenvalue weighted by atomic mass is 9.91. The Morgan fingerprint density at radius 1 is 1.22 bits per heavy atom. The van der Waals surface area contributed by atoms with Crippen molar-refractivity contribution in [2.45, 2.75) is 44.6 Å². The van der Waals surface area contributed by atoms with Crippen molar-refractivity contribution in [2.24, 2.45) is 0 Å². The second kappa shape index (κ2) is 6.76. The molecule has 1 fully saturated rings. The number of hydrogen-bond acceptors (Lipinski definition) is 5. The first kappa shape index (κ1) is 16.9. The van der Waals surface area contributed by atoms with Gasteiger partial charge in [0.25, 0.3) is 0 Å². The maximum atomic E-state index is 12.8. The molecule has 1 heterocycles. The lowest BCUT2D eigenvalue weighted by Crippen LogP contribution is -2.49. The topological polar surface area (TPSA) is 118 Å². The summed E-state index contributed by atoms with van der Waals surface area (Å²) in [5.74, 6) is -3.72. The Bertz CT molecular complexity index is 592. The summed E-state index contributed by atoms with van der Waals surface area (Å²) < 4.78 is 0. The number of piperidine rings is 1. The Morgan fingerprint density at radius 2 is 1.83 bits per heavy atom. The maximum Gasteiger partial charge on any atom is 0.326 e. The first-order chi connectivity index (χ1) is 10.9. The number of phenolic OH excluding ortho intramolecular Hbond substituents is 3. The third-order valence-electron chi connectivity index (χ3n) is 4.27. The average molecular weight is 323 g/mol. The van der Waals surface area contributed by atoms with Crippen LogP contribution in [0, 0.1) is 0 Å². The highest BCUT2D eigenvalue weighted by molar-refractivity contribution is 5.88. The molecule has 1 saturated heterocycles. The van der Waals surface area contributed by atoms with Crippen LogP contribution >= 0.6 is 0 Å². The number of carboxylic acids is 1. The summed E-state index contributed by atoms with van der Waals surface area (Å²) in [6.07, 6.45) is 2.31. The van der Waals surface area contributed by atoms with Gasteiger partial charge < -0.3 is 25.3 Å². The number of amides is 1. The van der Waals surface area contributed by atoms with Gasteiger partial charge in [0.05, 0.1) is 5.92 Å². The number of aromatic hydroxyl groups is 3. The van der Waals surface area contributed by atoms with Crippen LogP contribution in [0.15, 0.2) is 12.1 Å². The number of carbonyl (C=O) groups is 2. The number of carboxylic acid groups (broad SMARTS) is 1. The molecule has 0 spiro atoms. The van der Waals surface area contributed by atoms with Gasteiger partial charge in [0, 0.05) is 6.54 Å². The zero-order valence-electron chi connectivity index (χ0n) is 12.9. The van der Waals surface area contributed by atoms with Crippen molar-refractivity contribution in [3.8, 4) is 17.2 Å². The van der Waals surface area contributed by atoms with Crippen molar-refractivity contribution < 1.29 is 30.0 Å². The summed E-state index contributed by atoms with van der Waals surface area (Å²) in [5.41, 5.74) is 0.347. The van der Waals surface area contributed by atoms with E-state index < -0.39 is 35.2 Å². The fraction of sp³-hybridized carbons (Fsp3) is 0.500. The number of nitrogens with zero attached hydrogens (tertiary/aromatic N) is 1. The molecular weight excluding hydrogens is 302 g/mol. The van der Waals surface area contributed by atoms with Crippen molar-refractivity contribution in [1.29, 1.82) is 0 Å². The molecule has 0 radical (unpaired) electrons.